The lowest BCUT2D eigenvalue weighted by atomic mass is 10.2. The lowest BCUT2D eigenvalue weighted by molar-refractivity contribution is -0.153. The minimum atomic E-state index is -4.39. The van der Waals surface area contributed by atoms with Crippen molar-refractivity contribution in [3.05, 3.63) is 23.8 Å². The van der Waals surface area contributed by atoms with Crippen molar-refractivity contribution in [2.75, 3.05) is 20.3 Å². The topological polar surface area (TPSA) is 54.9 Å². The van der Waals surface area contributed by atoms with E-state index in [1.165, 1.54) is 26.0 Å². The molecule has 1 aromatic rings. The van der Waals surface area contributed by atoms with Gasteiger partial charge in [0.1, 0.15) is 0 Å². The van der Waals surface area contributed by atoms with E-state index in [-0.39, 0.29) is 11.5 Å². The first kappa shape index (κ1) is 20.2. The van der Waals surface area contributed by atoms with Gasteiger partial charge in [-0.2, -0.15) is 13.2 Å². The number of rotatable bonds is 7. The SMILES string of the molecule is CCNC(=NCc1ccc(OCC(F)(F)F)c(OC)c1)NC1CCCC1. The van der Waals surface area contributed by atoms with Crippen molar-refractivity contribution in [1.29, 1.82) is 0 Å². The molecule has 2 rings (SSSR count). The molecule has 0 radical (unpaired) electrons. The number of hydrogen-bond donors (Lipinski definition) is 2. The Morgan fingerprint density at radius 3 is 2.58 bits per heavy atom. The molecule has 2 N–H and O–H groups in total. The average Bonchev–Trinajstić information content (AvgIpc) is 3.10. The van der Waals surface area contributed by atoms with Crippen molar-refractivity contribution in [3.8, 4) is 11.5 Å². The summed E-state index contributed by atoms with van der Waals surface area (Å²) >= 11 is 0. The van der Waals surface area contributed by atoms with E-state index in [1.54, 1.807) is 12.1 Å². The van der Waals surface area contributed by atoms with E-state index in [1.807, 2.05) is 6.92 Å². The molecule has 1 aliphatic carbocycles. The molecule has 0 bridgehead atoms. The zero-order valence-corrected chi connectivity index (χ0v) is 15.2. The second kappa shape index (κ2) is 9.54. The Morgan fingerprint density at radius 2 is 1.96 bits per heavy atom. The number of nitrogens with one attached hydrogen (secondary N) is 2. The molecule has 146 valence electrons. The van der Waals surface area contributed by atoms with Crippen molar-refractivity contribution in [2.45, 2.75) is 51.4 Å². The van der Waals surface area contributed by atoms with Gasteiger partial charge >= 0.3 is 6.18 Å². The van der Waals surface area contributed by atoms with Gasteiger partial charge in [0.2, 0.25) is 0 Å². The van der Waals surface area contributed by atoms with Crippen LogP contribution >= 0.6 is 0 Å². The molecule has 0 amide bonds. The minimum absolute atomic E-state index is 0.0635. The largest absolute Gasteiger partial charge is 0.493 e. The first-order valence-corrected chi connectivity index (χ1v) is 8.82. The Morgan fingerprint density at radius 1 is 1.23 bits per heavy atom. The summed E-state index contributed by atoms with van der Waals surface area (Å²) in [5.74, 6) is 1.07. The number of halogens is 3. The highest BCUT2D eigenvalue weighted by molar-refractivity contribution is 5.80. The van der Waals surface area contributed by atoms with E-state index in [4.69, 9.17) is 9.47 Å². The van der Waals surface area contributed by atoms with E-state index in [0.29, 0.717) is 12.6 Å². The van der Waals surface area contributed by atoms with Crippen molar-refractivity contribution in [2.24, 2.45) is 4.99 Å². The molecule has 0 aromatic heterocycles. The van der Waals surface area contributed by atoms with Crippen LogP contribution in [0.2, 0.25) is 0 Å². The summed E-state index contributed by atoms with van der Waals surface area (Å²) < 4.78 is 46.9. The molecule has 26 heavy (non-hydrogen) atoms. The molecular formula is C18H26F3N3O2. The van der Waals surface area contributed by atoms with Crippen molar-refractivity contribution < 1.29 is 22.6 Å². The maximum atomic E-state index is 12.3. The van der Waals surface area contributed by atoms with Gasteiger partial charge in [-0.15, -0.1) is 0 Å². The number of aliphatic imine (C=N–C) groups is 1. The predicted molar refractivity (Wildman–Crippen MR) is 94.8 cm³/mol. The number of hydrogen-bond acceptors (Lipinski definition) is 3. The first-order chi connectivity index (χ1) is 12.4. The van der Waals surface area contributed by atoms with Crippen LogP contribution in [0.1, 0.15) is 38.2 Å². The third-order valence-electron chi connectivity index (χ3n) is 4.08. The highest BCUT2D eigenvalue weighted by Crippen LogP contribution is 2.30. The number of guanidine groups is 1. The van der Waals surface area contributed by atoms with Crippen molar-refractivity contribution in [3.63, 3.8) is 0 Å². The van der Waals surface area contributed by atoms with E-state index >= 15 is 0 Å². The van der Waals surface area contributed by atoms with Crippen LogP contribution in [-0.4, -0.2) is 38.4 Å². The molecular weight excluding hydrogens is 347 g/mol. The highest BCUT2D eigenvalue weighted by atomic mass is 19.4. The van der Waals surface area contributed by atoms with Gasteiger partial charge in [-0.3, -0.25) is 0 Å². The molecule has 0 aliphatic heterocycles. The molecule has 5 nitrogen and oxygen atoms in total. The molecule has 0 spiro atoms. The Bertz CT molecular complexity index is 600. The van der Waals surface area contributed by atoms with Crippen molar-refractivity contribution in [1.82, 2.24) is 10.6 Å². The third kappa shape index (κ3) is 6.65. The summed E-state index contributed by atoms with van der Waals surface area (Å²) in [6.07, 6.45) is 0.356. The number of alkyl halides is 3. The fourth-order valence-corrected chi connectivity index (χ4v) is 2.84. The summed E-state index contributed by atoms with van der Waals surface area (Å²) in [6.45, 7) is 1.79. The zero-order valence-electron chi connectivity index (χ0n) is 15.2. The molecule has 0 saturated heterocycles. The molecule has 1 fully saturated rings. The van der Waals surface area contributed by atoms with Gasteiger partial charge < -0.3 is 20.1 Å². The second-order valence-electron chi connectivity index (χ2n) is 6.21. The van der Waals surface area contributed by atoms with Gasteiger partial charge in [0, 0.05) is 12.6 Å². The second-order valence-corrected chi connectivity index (χ2v) is 6.21. The summed E-state index contributed by atoms with van der Waals surface area (Å²) in [5.41, 5.74) is 0.824. The Kier molecular flexibility index (Phi) is 7.41. The van der Waals surface area contributed by atoms with Crippen LogP contribution in [0.4, 0.5) is 13.2 Å². The maximum Gasteiger partial charge on any atom is 0.422 e. The third-order valence-corrected chi connectivity index (χ3v) is 4.08. The minimum Gasteiger partial charge on any atom is -0.493 e. The van der Waals surface area contributed by atoms with Crippen LogP contribution in [0.3, 0.4) is 0 Å². The highest BCUT2D eigenvalue weighted by Gasteiger charge is 2.29. The summed E-state index contributed by atoms with van der Waals surface area (Å²) in [4.78, 5) is 4.56. The molecule has 1 aromatic carbocycles. The van der Waals surface area contributed by atoms with Crippen LogP contribution in [0.5, 0.6) is 11.5 Å². The van der Waals surface area contributed by atoms with Gasteiger partial charge in [-0.1, -0.05) is 18.9 Å². The van der Waals surface area contributed by atoms with Gasteiger partial charge in [0.25, 0.3) is 0 Å². The fraction of sp³-hybridized carbons (Fsp3) is 0.611. The maximum absolute atomic E-state index is 12.3. The number of methoxy groups -OCH3 is 1. The lowest BCUT2D eigenvalue weighted by Gasteiger charge is -2.17. The average molecular weight is 373 g/mol. The van der Waals surface area contributed by atoms with Gasteiger partial charge in [-0.25, -0.2) is 4.99 Å². The van der Waals surface area contributed by atoms with E-state index in [9.17, 15) is 13.2 Å². The van der Waals surface area contributed by atoms with Crippen LogP contribution in [0.15, 0.2) is 23.2 Å². The molecule has 0 atom stereocenters. The monoisotopic (exact) mass is 373 g/mol. The van der Waals surface area contributed by atoms with E-state index in [0.717, 1.165) is 30.9 Å². The molecule has 0 unspecified atom stereocenters. The van der Waals surface area contributed by atoms with Gasteiger partial charge in [0.05, 0.1) is 13.7 Å². The van der Waals surface area contributed by atoms with Gasteiger partial charge in [-0.05, 0) is 37.5 Å². The normalized spacial score (nSPS) is 15.8. The first-order valence-electron chi connectivity index (χ1n) is 8.82. The van der Waals surface area contributed by atoms with Crippen LogP contribution in [-0.2, 0) is 6.54 Å². The Labute approximate surface area is 152 Å². The van der Waals surface area contributed by atoms with E-state index < -0.39 is 12.8 Å². The van der Waals surface area contributed by atoms with E-state index in [2.05, 4.69) is 15.6 Å². The Hall–Kier alpha value is -2.12. The molecule has 1 aliphatic rings. The molecule has 8 heteroatoms. The zero-order chi connectivity index (χ0) is 19.0. The summed E-state index contributed by atoms with van der Waals surface area (Å²) in [7, 11) is 1.40. The lowest BCUT2D eigenvalue weighted by Crippen LogP contribution is -2.42. The van der Waals surface area contributed by atoms with Crippen LogP contribution in [0, 0.1) is 0 Å². The quantitative estimate of drug-likeness (QED) is 0.566. The standard InChI is InChI=1S/C18H26F3N3O2/c1-3-22-17(24-14-6-4-5-7-14)23-11-13-8-9-15(16(10-13)25-2)26-12-18(19,20)21/h8-10,14H,3-7,11-12H2,1-2H3,(H2,22,23,24). The van der Waals surface area contributed by atoms with Gasteiger partial charge in [0.15, 0.2) is 24.1 Å². The Balaban J connectivity index is 2.02. The number of nitrogens with zero attached hydrogens (tertiary/aromatic N) is 1. The molecule has 0 heterocycles. The smallest absolute Gasteiger partial charge is 0.422 e. The van der Waals surface area contributed by atoms with Crippen LogP contribution in [0.25, 0.3) is 0 Å². The van der Waals surface area contributed by atoms with Crippen LogP contribution < -0.4 is 20.1 Å². The fourth-order valence-electron chi connectivity index (χ4n) is 2.84. The summed E-state index contributed by atoms with van der Waals surface area (Å²) in [6, 6.07) is 5.26. The summed E-state index contributed by atoms with van der Waals surface area (Å²) in [5, 5.41) is 6.64. The predicted octanol–water partition coefficient (Wildman–Crippen LogP) is 3.63. The molecule has 1 saturated carbocycles. The van der Waals surface area contributed by atoms with Crippen molar-refractivity contribution >= 4 is 5.96 Å². The number of benzene rings is 1. The number of ether oxygens (including phenoxy) is 2.